The van der Waals surface area contributed by atoms with Crippen LogP contribution in [0.1, 0.15) is 29.1 Å². The molecule has 0 atom stereocenters. The topological polar surface area (TPSA) is 28.2 Å². The number of nitrogens with one attached hydrogen (secondary N) is 1. The number of nitrogens with zero attached hydrogens (tertiary/aromatic N) is 2. The van der Waals surface area contributed by atoms with Gasteiger partial charge in [0.1, 0.15) is 5.01 Å². The highest BCUT2D eigenvalue weighted by molar-refractivity contribution is 7.09. The Morgan fingerprint density at radius 1 is 1.33 bits per heavy atom. The second-order valence-corrected chi connectivity index (χ2v) is 7.00. The Morgan fingerprint density at radius 2 is 2.14 bits per heavy atom. The van der Waals surface area contributed by atoms with E-state index in [0.717, 1.165) is 42.0 Å². The largest absolute Gasteiger partial charge is 0.308 e. The highest BCUT2D eigenvalue weighted by Gasteiger charge is 2.20. The molecule has 3 nitrogen and oxygen atoms in total. The smallest absolute Gasteiger partial charge is 0.107 e. The molecule has 0 amide bonds. The second kappa shape index (κ2) is 6.88. The molecular formula is C16H20ClN3S. The SMILES string of the molecule is CN(Cc1csc(CNC2CC2)n1)Cc1ccccc1Cl. The normalized spacial score (nSPS) is 14.8. The van der Waals surface area contributed by atoms with Gasteiger partial charge < -0.3 is 5.32 Å². The molecule has 1 heterocycles. The van der Waals surface area contributed by atoms with Crippen LogP contribution in [-0.4, -0.2) is 23.0 Å². The Bertz CT molecular complexity index is 595. The minimum Gasteiger partial charge on any atom is -0.308 e. The van der Waals surface area contributed by atoms with Gasteiger partial charge in [0.15, 0.2) is 0 Å². The van der Waals surface area contributed by atoms with Crippen LogP contribution in [0, 0.1) is 0 Å². The van der Waals surface area contributed by atoms with E-state index in [9.17, 15) is 0 Å². The fourth-order valence-electron chi connectivity index (χ4n) is 2.27. The number of benzene rings is 1. The van der Waals surface area contributed by atoms with E-state index >= 15 is 0 Å². The summed E-state index contributed by atoms with van der Waals surface area (Å²) < 4.78 is 0. The summed E-state index contributed by atoms with van der Waals surface area (Å²) >= 11 is 7.95. The number of hydrogen-bond donors (Lipinski definition) is 1. The molecule has 1 aliphatic rings. The second-order valence-electron chi connectivity index (χ2n) is 5.65. The molecule has 21 heavy (non-hydrogen) atoms. The molecule has 1 N–H and O–H groups in total. The number of halogens is 1. The van der Waals surface area contributed by atoms with Crippen LogP contribution < -0.4 is 5.32 Å². The fourth-order valence-corrected chi connectivity index (χ4v) is 3.20. The van der Waals surface area contributed by atoms with Gasteiger partial charge >= 0.3 is 0 Å². The molecule has 112 valence electrons. The molecule has 0 radical (unpaired) electrons. The van der Waals surface area contributed by atoms with E-state index in [1.165, 1.54) is 17.8 Å². The highest BCUT2D eigenvalue weighted by atomic mass is 35.5. The van der Waals surface area contributed by atoms with Crippen LogP contribution in [0.2, 0.25) is 5.02 Å². The zero-order valence-electron chi connectivity index (χ0n) is 12.2. The maximum Gasteiger partial charge on any atom is 0.107 e. The van der Waals surface area contributed by atoms with Gasteiger partial charge in [-0.3, -0.25) is 4.90 Å². The minimum atomic E-state index is 0.736. The van der Waals surface area contributed by atoms with Crippen molar-refractivity contribution in [2.75, 3.05) is 7.05 Å². The van der Waals surface area contributed by atoms with Crippen molar-refractivity contribution in [2.24, 2.45) is 0 Å². The van der Waals surface area contributed by atoms with Gasteiger partial charge in [-0.05, 0) is 31.5 Å². The van der Waals surface area contributed by atoms with Gasteiger partial charge in [-0.1, -0.05) is 29.8 Å². The van der Waals surface area contributed by atoms with Crippen LogP contribution in [0.4, 0.5) is 0 Å². The third-order valence-electron chi connectivity index (χ3n) is 3.55. The fraction of sp³-hybridized carbons (Fsp3) is 0.438. The molecule has 1 fully saturated rings. The van der Waals surface area contributed by atoms with Gasteiger partial charge in [0, 0.05) is 36.1 Å². The van der Waals surface area contributed by atoms with Gasteiger partial charge in [0.2, 0.25) is 0 Å². The summed E-state index contributed by atoms with van der Waals surface area (Å²) in [6, 6.07) is 8.74. The molecule has 5 heteroatoms. The van der Waals surface area contributed by atoms with E-state index in [1.54, 1.807) is 11.3 Å². The van der Waals surface area contributed by atoms with Crippen LogP contribution in [0.3, 0.4) is 0 Å². The first-order valence-corrected chi connectivity index (χ1v) is 8.55. The molecule has 2 aromatic rings. The van der Waals surface area contributed by atoms with Crippen molar-refractivity contribution in [1.29, 1.82) is 0 Å². The average Bonchev–Trinajstić information content (AvgIpc) is 3.19. The average molecular weight is 322 g/mol. The molecule has 0 saturated heterocycles. The van der Waals surface area contributed by atoms with Crippen LogP contribution in [0.25, 0.3) is 0 Å². The Hall–Kier alpha value is -0.940. The maximum absolute atomic E-state index is 6.20. The summed E-state index contributed by atoms with van der Waals surface area (Å²) in [5, 5.41) is 7.68. The molecule has 3 rings (SSSR count). The number of thiazole rings is 1. The van der Waals surface area contributed by atoms with Crippen LogP contribution in [0.5, 0.6) is 0 Å². The van der Waals surface area contributed by atoms with Crippen molar-refractivity contribution in [1.82, 2.24) is 15.2 Å². The number of aromatic nitrogens is 1. The lowest BCUT2D eigenvalue weighted by atomic mass is 10.2. The zero-order chi connectivity index (χ0) is 14.7. The Labute approximate surface area is 135 Å². The van der Waals surface area contributed by atoms with Crippen molar-refractivity contribution in [3.63, 3.8) is 0 Å². The standard InChI is InChI=1S/C16H20ClN3S/c1-20(9-12-4-2-3-5-15(12)17)10-14-11-21-16(19-14)8-18-13-6-7-13/h2-5,11,13,18H,6-10H2,1H3. The number of rotatable bonds is 7. The van der Waals surface area contributed by atoms with Crippen molar-refractivity contribution in [3.8, 4) is 0 Å². The first-order chi connectivity index (χ1) is 10.2. The maximum atomic E-state index is 6.20. The first kappa shape index (κ1) is 15.0. The number of hydrogen-bond acceptors (Lipinski definition) is 4. The lowest BCUT2D eigenvalue weighted by molar-refractivity contribution is 0.315. The van der Waals surface area contributed by atoms with Gasteiger partial charge in [-0.25, -0.2) is 4.98 Å². The van der Waals surface area contributed by atoms with E-state index in [4.69, 9.17) is 16.6 Å². The third kappa shape index (κ3) is 4.51. The Morgan fingerprint density at radius 3 is 2.90 bits per heavy atom. The summed E-state index contributed by atoms with van der Waals surface area (Å²) in [5.41, 5.74) is 2.30. The van der Waals surface area contributed by atoms with Gasteiger partial charge in [0.25, 0.3) is 0 Å². The summed E-state index contributed by atoms with van der Waals surface area (Å²) in [5.74, 6) is 0. The van der Waals surface area contributed by atoms with E-state index in [1.807, 2.05) is 18.2 Å². The van der Waals surface area contributed by atoms with Crippen molar-refractivity contribution in [2.45, 2.75) is 38.5 Å². The Kier molecular flexibility index (Phi) is 4.91. The van der Waals surface area contributed by atoms with Gasteiger partial charge in [0.05, 0.1) is 5.69 Å². The monoisotopic (exact) mass is 321 g/mol. The molecule has 0 bridgehead atoms. The lowest BCUT2D eigenvalue weighted by Crippen LogP contribution is -2.18. The van der Waals surface area contributed by atoms with Gasteiger partial charge in [-0.2, -0.15) is 0 Å². The third-order valence-corrected chi connectivity index (χ3v) is 4.81. The summed E-state index contributed by atoms with van der Waals surface area (Å²) in [6.07, 6.45) is 2.64. The predicted molar refractivity (Wildman–Crippen MR) is 88.6 cm³/mol. The summed E-state index contributed by atoms with van der Waals surface area (Å²) in [7, 11) is 2.10. The molecule has 1 saturated carbocycles. The van der Waals surface area contributed by atoms with E-state index in [-0.39, 0.29) is 0 Å². The molecule has 1 aromatic carbocycles. The molecule has 1 aromatic heterocycles. The molecule has 0 spiro atoms. The molecule has 0 aliphatic heterocycles. The van der Waals surface area contributed by atoms with Crippen LogP contribution in [-0.2, 0) is 19.6 Å². The highest BCUT2D eigenvalue weighted by Crippen LogP contribution is 2.21. The molecule has 0 unspecified atom stereocenters. The van der Waals surface area contributed by atoms with Crippen molar-refractivity contribution in [3.05, 3.63) is 50.9 Å². The quantitative estimate of drug-likeness (QED) is 0.843. The summed E-state index contributed by atoms with van der Waals surface area (Å²) in [4.78, 5) is 6.94. The lowest BCUT2D eigenvalue weighted by Gasteiger charge is -2.16. The summed E-state index contributed by atoms with van der Waals surface area (Å²) in [6.45, 7) is 2.60. The van der Waals surface area contributed by atoms with Crippen molar-refractivity contribution >= 4 is 22.9 Å². The predicted octanol–water partition coefficient (Wildman–Crippen LogP) is 3.68. The van der Waals surface area contributed by atoms with Gasteiger partial charge in [-0.15, -0.1) is 11.3 Å². The van der Waals surface area contributed by atoms with Crippen LogP contribution in [0.15, 0.2) is 29.6 Å². The van der Waals surface area contributed by atoms with Crippen LogP contribution >= 0.6 is 22.9 Å². The minimum absolute atomic E-state index is 0.736. The molecular weight excluding hydrogens is 302 g/mol. The molecule has 1 aliphatic carbocycles. The Balaban J connectivity index is 1.52. The van der Waals surface area contributed by atoms with Crippen molar-refractivity contribution < 1.29 is 0 Å². The zero-order valence-corrected chi connectivity index (χ0v) is 13.8. The first-order valence-electron chi connectivity index (χ1n) is 7.29. The van der Waals surface area contributed by atoms with E-state index in [2.05, 4.69) is 28.7 Å². The van der Waals surface area contributed by atoms with E-state index in [0.29, 0.717) is 0 Å². The van der Waals surface area contributed by atoms with E-state index < -0.39 is 0 Å².